The van der Waals surface area contributed by atoms with Gasteiger partial charge in [-0.15, -0.1) is 0 Å². The van der Waals surface area contributed by atoms with Gasteiger partial charge in [-0.05, 0) is 92.7 Å². The summed E-state index contributed by atoms with van der Waals surface area (Å²) < 4.78 is 11.5. The Bertz CT molecular complexity index is 909. The molecule has 200 valence electrons. The van der Waals surface area contributed by atoms with E-state index in [0.717, 1.165) is 63.4 Å². The average Bonchev–Trinajstić information content (AvgIpc) is 3.54. The molecular formula is C29H42O7. The number of aliphatic carboxylic acids is 1. The zero-order valence-electron chi connectivity index (χ0n) is 21.5. The van der Waals surface area contributed by atoms with E-state index in [9.17, 15) is 19.8 Å². The summed E-state index contributed by atoms with van der Waals surface area (Å²) in [7, 11) is 0. The fourth-order valence-corrected chi connectivity index (χ4v) is 6.38. The fourth-order valence-electron chi connectivity index (χ4n) is 6.38. The number of rotatable bonds is 14. The molecule has 1 aromatic rings. The molecule has 0 aromatic heterocycles. The summed E-state index contributed by atoms with van der Waals surface area (Å²) in [6.07, 6.45) is 9.41. The van der Waals surface area contributed by atoms with Crippen molar-refractivity contribution in [3.63, 3.8) is 0 Å². The maximum atomic E-state index is 12.4. The van der Waals surface area contributed by atoms with Crippen molar-refractivity contribution in [2.24, 2.45) is 17.8 Å². The van der Waals surface area contributed by atoms with Crippen LogP contribution in [0.4, 0.5) is 0 Å². The SMILES string of the molecule is CCCCC[C@H](O)CC[C@@H]1[C@H]2Cc3cccc(OCC(=O)OC4(CCC(=O)O)CC4)c3C[C@H]2C[C@H]1O. The van der Waals surface area contributed by atoms with E-state index in [4.69, 9.17) is 14.6 Å². The van der Waals surface area contributed by atoms with Gasteiger partial charge in [0.05, 0.1) is 12.2 Å². The van der Waals surface area contributed by atoms with Crippen molar-refractivity contribution in [2.45, 2.75) is 108 Å². The van der Waals surface area contributed by atoms with Gasteiger partial charge in [0.25, 0.3) is 0 Å². The molecule has 0 unspecified atom stereocenters. The first-order valence-electron chi connectivity index (χ1n) is 13.8. The van der Waals surface area contributed by atoms with Gasteiger partial charge in [-0.3, -0.25) is 4.79 Å². The van der Waals surface area contributed by atoms with Crippen LogP contribution in [-0.2, 0) is 27.2 Å². The van der Waals surface area contributed by atoms with E-state index in [1.807, 2.05) is 12.1 Å². The zero-order chi connectivity index (χ0) is 25.7. The van der Waals surface area contributed by atoms with Crippen LogP contribution in [0, 0.1) is 17.8 Å². The van der Waals surface area contributed by atoms with E-state index in [1.165, 1.54) is 5.56 Å². The highest BCUT2D eigenvalue weighted by atomic mass is 16.6. The first-order chi connectivity index (χ1) is 17.3. The number of aliphatic hydroxyl groups excluding tert-OH is 2. The van der Waals surface area contributed by atoms with Crippen LogP contribution in [0.25, 0.3) is 0 Å². The lowest BCUT2D eigenvalue weighted by molar-refractivity contribution is -0.155. The molecule has 36 heavy (non-hydrogen) atoms. The van der Waals surface area contributed by atoms with E-state index in [2.05, 4.69) is 13.0 Å². The Hall–Kier alpha value is -2.12. The second kappa shape index (κ2) is 12.0. The quantitative estimate of drug-likeness (QED) is 0.255. The molecule has 0 bridgehead atoms. The maximum absolute atomic E-state index is 12.4. The summed E-state index contributed by atoms with van der Waals surface area (Å²) in [6, 6.07) is 5.95. The maximum Gasteiger partial charge on any atom is 0.344 e. The van der Waals surface area contributed by atoms with Crippen molar-refractivity contribution in [3.05, 3.63) is 29.3 Å². The Labute approximate surface area is 214 Å². The molecule has 0 radical (unpaired) electrons. The third-order valence-electron chi connectivity index (χ3n) is 8.60. The first-order valence-corrected chi connectivity index (χ1v) is 13.8. The van der Waals surface area contributed by atoms with E-state index in [-0.39, 0.29) is 31.2 Å². The zero-order valence-corrected chi connectivity index (χ0v) is 21.5. The third-order valence-corrected chi connectivity index (χ3v) is 8.60. The lowest BCUT2D eigenvalue weighted by Gasteiger charge is -2.32. The summed E-state index contributed by atoms with van der Waals surface area (Å²) in [5, 5.41) is 30.1. The van der Waals surface area contributed by atoms with Gasteiger partial charge in [0.2, 0.25) is 0 Å². The van der Waals surface area contributed by atoms with Gasteiger partial charge < -0.3 is 24.8 Å². The largest absolute Gasteiger partial charge is 0.482 e. The number of carboxylic acid groups (broad SMARTS) is 1. The van der Waals surface area contributed by atoms with Crippen molar-refractivity contribution in [1.82, 2.24) is 0 Å². The topological polar surface area (TPSA) is 113 Å². The molecule has 2 fully saturated rings. The molecule has 2 saturated carbocycles. The van der Waals surface area contributed by atoms with Gasteiger partial charge >= 0.3 is 11.9 Å². The molecule has 3 aliphatic rings. The highest BCUT2D eigenvalue weighted by Crippen LogP contribution is 2.48. The molecule has 0 saturated heterocycles. The normalized spacial score (nSPS) is 26.5. The molecule has 4 rings (SSSR count). The molecule has 0 spiro atoms. The molecule has 7 heteroatoms. The van der Waals surface area contributed by atoms with E-state index < -0.39 is 17.5 Å². The van der Waals surface area contributed by atoms with Crippen molar-refractivity contribution >= 4 is 11.9 Å². The van der Waals surface area contributed by atoms with Crippen LogP contribution in [-0.4, -0.2) is 51.7 Å². The van der Waals surface area contributed by atoms with Crippen LogP contribution in [0.1, 0.15) is 88.7 Å². The van der Waals surface area contributed by atoms with Gasteiger partial charge in [-0.1, -0.05) is 38.3 Å². The molecule has 5 atom stereocenters. The van der Waals surface area contributed by atoms with Gasteiger partial charge in [0, 0.05) is 6.42 Å². The van der Waals surface area contributed by atoms with Crippen LogP contribution >= 0.6 is 0 Å². The Morgan fingerprint density at radius 2 is 1.97 bits per heavy atom. The smallest absolute Gasteiger partial charge is 0.344 e. The van der Waals surface area contributed by atoms with Crippen LogP contribution < -0.4 is 4.74 Å². The van der Waals surface area contributed by atoms with Crippen LogP contribution in [0.2, 0.25) is 0 Å². The highest BCUT2D eigenvalue weighted by molar-refractivity contribution is 5.72. The number of carboxylic acids is 1. The van der Waals surface area contributed by atoms with Crippen molar-refractivity contribution in [2.75, 3.05) is 6.61 Å². The predicted octanol–water partition coefficient (Wildman–Crippen LogP) is 4.44. The number of benzene rings is 1. The van der Waals surface area contributed by atoms with E-state index in [1.54, 1.807) is 0 Å². The number of carbonyl (C=O) groups excluding carboxylic acids is 1. The number of carbonyl (C=O) groups is 2. The second-order valence-corrected chi connectivity index (χ2v) is 11.3. The minimum absolute atomic E-state index is 0.00640. The number of aliphatic hydroxyl groups is 2. The monoisotopic (exact) mass is 502 g/mol. The number of esters is 1. The summed E-state index contributed by atoms with van der Waals surface area (Å²) in [4.78, 5) is 23.3. The third kappa shape index (κ3) is 6.80. The molecule has 3 N–H and O–H groups in total. The average molecular weight is 503 g/mol. The molecular weight excluding hydrogens is 460 g/mol. The standard InChI is InChI=1S/C29H42O7/c1-2-3-4-7-21(30)9-10-22-23-15-19-6-5-8-26(24(19)16-20(23)17-25(22)31)35-18-28(34)36-29(13-14-29)12-11-27(32)33/h5-6,8,20-23,25,30-31H,2-4,7,9-18H2,1H3,(H,32,33)/t20-,21-,22+,23-,25+/m0/s1. The summed E-state index contributed by atoms with van der Waals surface area (Å²) in [5.74, 6) is 0.339. The minimum Gasteiger partial charge on any atom is -0.482 e. The number of hydrogen-bond donors (Lipinski definition) is 3. The summed E-state index contributed by atoms with van der Waals surface area (Å²) >= 11 is 0. The Morgan fingerprint density at radius 1 is 1.17 bits per heavy atom. The van der Waals surface area contributed by atoms with Crippen molar-refractivity contribution in [3.8, 4) is 5.75 Å². The molecule has 0 aliphatic heterocycles. The molecule has 7 nitrogen and oxygen atoms in total. The molecule has 1 aromatic carbocycles. The van der Waals surface area contributed by atoms with Crippen molar-refractivity contribution in [1.29, 1.82) is 0 Å². The van der Waals surface area contributed by atoms with Gasteiger partial charge in [-0.2, -0.15) is 0 Å². The Balaban J connectivity index is 1.31. The van der Waals surface area contributed by atoms with E-state index in [0.29, 0.717) is 36.8 Å². The van der Waals surface area contributed by atoms with Crippen LogP contribution in [0.5, 0.6) is 5.75 Å². The second-order valence-electron chi connectivity index (χ2n) is 11.3. The predicted molar refractivity (Wildman–Crippen MR) is 135 cm³/mol. The summed E-state index contributed by atoms with van der Waals surface area (Å²) in [6.45, 7) is 1.97. The Kier molecular flexibility index (Phi) is 8.94. The van der Waals surface area contributed by atoms with Crippen molar-refractivity contribution < 1.29 is 34.4 Å². The number of hydrogen-bond acceptors (Lipinski definition) is 6. The first kappa shape index (κ1) is 26.9. The number of unbranched alkanes of at least 4 members (excludes halogenated alkanes) is 2. The lowest BCUT2D eigenvalue weighted by Crippen LogP contribution is -2.28. The van der Waals surface area contributed by atoms with Crippen LogP contribution in [0.3, 0.4) is 0 Å². The highest BCUT2D eigenvalue weighted by Gasteiger charge is 2.47. The number of fused-ring (bicyclic) bond motifs is 2. The van der Waals surface area contributed by atoms with Gasteiger partial charge in [0.15, 0.2) is 6.61 Å². The minimum atomic E-state index is -0.884. The fraction of sp³-hybridized carbons (Fsp3) is 0.724. The number of ether oxygens (including phenoxy) is 2. The van der Waals surface area contributed by atoms with Gasteiger partial charge in [0.1, 0.15) is 11.4 Å². The lowest BCUT2D eigenvalue weighted by atomic mass is 9.73. The van der Waals surface area contributed by atoms with Crippen LogP contribution in [0.15, 0.2) is 18.2 Å². The Morgan fingerprint density at radius 3 is 2.69 bits per heavy atom. The molecule has 0 amide bonds. The molecule has 0 heterocycles. The van der Waals surface area contributed by atoms with Gasteiger partial charge in [-0.25, -0.2) is 4.79 Å². The summed E-state index contributed by atoms with van der Waals surface area (Å²) in [5.41, 5.74) is 1.71. The van der Waals surface area contributed by atoms with E-state index >= 15 is 0 Å². The molecule has 3 aliphatic carbocycles.